The van der Waals surface area contributed by atoms with Gasteiger partial charge >= 0.3 is 18.0 Å². The molecule has 456 valence electrons. The first-order chi connectivity index (χ1) is 41.0. The van der Waals surface area contributed by atoms with Crippen LogP contribution in [-0.4, -0.2) is 126 Å². The number of nitrogens with zero attached hydrogens (tertiary/aromatic N) is 4. The molecule has 0 unspecified atom stereocenters. The largest absolute Gasteiger partial charge is 0.491 e. The smallest absolute Gasteiger partial charge is 0.407 e. The Labute approximate surface area is 510 Å². The number of hydrogen-bond donors (Lipinski definition) is 4. The molecule has 3 heterocycles. The second-order valence-corrected chi connectivity index (χ2v) is 24.5. The van der Waals surface area contributed by atoms with Crippen LogP contribution in [0.5, 0.6) is 5.75 Å². The highest BCUT2D eigenvalue weighted by Crippen LogP contribution is 2.45. The highest BCUT2D eigenvalue weighted by Gasteiger charge is 2.35. The van der Waals surface area contributed by atoms with E-state index in [0.717, 1.165) is 54.5 Å². The zero-order valence-corrected chi connectivity index (χ0v) is 51.6. The molecule has 3 atom stereocenters. The molecule has 1 aliphatic heterocycles. The molecule has 8 rings (SSSR count). The topological polar surface area (TPSA) is 249 Å². The Morgan fingerprint density at radius 2 is 1.27 bits per heavy atom. The van der Waals surface area contributed by atoms with Crippen LogP contribution < -0.4 is 26.0 Å². The fraction of sp³-hybridized carbons (Fsp3) is 0.422. The quantitative estimate of drug-likeness (QED) is 0.0224. The predicted octanol–water partition coefficient (Wildman–Crippen LogP) is 9.99. The number of ether oxygens (including phenoxy) is 6. The monoisotopic (exact) mass is 1210 g/mol. The van der Waals surface area contributed by atoms with E-state index in [-0.39, 0.29) is 90.1 Å². The molecule has 0 saturated carbocycles. The van der Waals surface area contributed by atoms with E-state index in [1.54, 1.807) is 77.1 Å². The number of thiophene rings is 1. The van der Waals surface area contributed by atoms with E-state index < -0.39 is 59.2 Å². The standard InChI is InChI=1S/C64H75ClN8O12S/c1-38-39(2)86-61-56(38)57(41-18-20-42(65)21-19-41)68-52(58-72-71-40(3)73(58)61)36-53(74)67-43-22-24-44(25-23-43)82-35-34-81-33-32-80-31-30-66-59(77)50(26-28-54(75)84-63(4,5)6)69-60(78)51(27-29-55(76)85-64(7,8)9)70-62(79)83-37-49-47-16-12-10-14-45(47)46-15-11-13-17-48(46)49/h10-25,49-52H,26-37H2,1-9H3,(H,66,77)(H,67,74)(H,69,78)(H,70,79)/t50-,51-,52+/m1/s1. The molecule has 2 aliphatic rings. The number of hydrogen-bond acceptors (Lipinski definition) is 16. The third-order valence-electron chi connectivity index (χ3n) is 14.0. The maximum atomic E-state index is 14.1. The summed E-state index contributed by atoms with van der Waals surface area (Å²) in [5, 5.41) is 21.5. The number of aryl methyl sites for hydroxylation is 2. The number of carbonyl (C=O) groups excluding carboxylic acids is 6. The lowest BCUT2D eigenvalue weighted by Gasteiger charge is -2.25. The van der Waals surface area contributed by atoms with Gasteiger partial charge in [-0.05, 0) is 139 Å². The number of fused-ring (bicyclic) bond motifs is 6. The van der Waals surface area contributed by atoms with Crippen LogP contribution in [0.3, 0.4) is 0 Å². The average molecular weight is 1220 g/mol. The van der Waals surface area contributed by atoms with Crippen LogP contribution in [0, 0.1) is 20.8 Å². The molecule has 4 aromatic carbocycles. The first-order valence-corrected chi connectivity index (χ1v) is 29.9. The van der Waals surface area contributed by atoms with Gasteiger partial charge in [0, 0.05) is 52.0 Å². The first kappa shape index (κ1) is 64.0. The number of benzene rings is 4. The molecular weight excluding hydrogens is 1140 g/mol. The normalized spacial score (nSPS) is 14.2. The molecule has 0 fully saturated rings. The van der Waals surface area contributed by atoms with E-state index in [1.807, 2.05) is 84.3 Å². The summed E-state index contributed by atoms with van der Waals surface area (Å²) < 4.78 is 36.0. The molecule has 22 heteroatoms. The number of esters is 2. The Morgan fingerprint density at radius 1 is 0.686 bits per heavy atom. The maximum Gasteiger partial charge on any atom is 0.407 e. The van der Waals surface area contributed by atoms with Crippen LogP contribution in [0.2, 0.25) is 5.02 Å². The van der Waals surface area contributed by atoms with Crippen molar-refractivity contribution in [3.63, 3.8) is 0 Å². The maximum absolute atomic E-state index is 14.1. The molecule has 2 aromatic heterocycles. The Bertz CT molecular complexity index is 3380. The molecule has 0 bridgehead atoms. The zero-order valence-electron chi connectivity index (χ0n) is 50.0. The summed E-state index contributed by atoms with van der Waals surface area (Å²) in [7, 11) is 0. The number of aliphatic imine (C=N–C) groups is 1. The van der Waals surface area contributed by atoms with Crippen molar-refractivity contribution in [1.29, 1.82) is 0 Å². The lowest BCUT2D eigenvalue weighted by atomic mass is 9.98. The minimum absolute atomic E-state index is 0.0174. The second-order valence-electron chi connectivity index (χ2n) is 22.9. The van der Waals surface area contributed by atoms with E-state index in [4.69, 9.17) is 45.0 Å². The van der Waals surface area contributed by atoms with Gasteiger partial charge in [0.25, 0.3) is 0 Å². The van der Waals surface area contributed by atoms with E-state index in [0.29, 0.717) is 28.1 Å². The van der Waals surface area contributed by atoms with Gasteiger partial charge in [0.1, 0.15) is 59.1 Å². The molecule has 86 heavy (non-hydrogen) atoms. The number of carbonyl (C=O) groups is 6. The zero-order chi connectivity index (χ0) is 61.7. The van der Waals surface area contributed by atoms with Gasteiger partial charge < -0.3 is 49.7 Å². The van der Waals surface area contributed by atoms with Crippen molar-refractivity contribution in [3.05, 3.63) is 146 Å². The number of anilines is 1. The van der Waals surface area contributed by atoms with Crippen molar-refractivity contribution >= 4 is 70.1 Å². The minimum atomic E-state index is -1.33. The second kappa shape index (κ2) is 28.9. The minimum Gasteiger partial charge on any atom is -0.491 e. The van der Waals surface area contributed by atoms with Crippen molar-refractivity contribution in [2.75, 3.05) is 51.5 Å². The van der Waals surface area contributed by atoms with Crippen LogP contribution in [0.1, 0.15) is 130 Å². The third kappa shape index (κ3) is 17.4. The summed E-state index contributed by atoms with van der Waals surface area (Å²) in [6.45, 7) is 17.4. The SMILES string of the molecule is Cc1sc2c(c1C)C(c1ccc(Cl)cc1)=N[C@@H](CC(=O)Nc1ccc(OCCOCCOCCNC(=O)[C@@H](CCC(=O)OC(C)(C)C)NC(=O)[C@@H](CCC(=O)OC(C)(C)C)NC(=O)OCC3c4ccccc4-c4ccccc43)cc1)c1nnc(C)n1-2. The summed E-state index contributed by atoms with van der Waals surface area (Å²) in [4.78, 5) is 87.0. The molecule has 4 N–H and O–H groups in total. The van der Waals surface area contributed by atoms with Crippen LogP contribution in [0.4, 0.5) is 10.5 Å². The van der Waals surface area contributed by atoms with Crippen LogP contribution in [-0.2, 0) is 47.7 Å². The van der Waals surface area contributed by atoms with Gasteiger partial charge in [0.05, 0.1) is 38.6 Å². The van der Waals surface area contributed by atoms with Crippen molar-refractivity contribution in [3.8, 4) is 21.9 Å². The summed E-state index contributed by atoms with van der Waals surface area (Å²) in [5.74, 6) is -1.21. The van der Waals surface area contributed by atoms with Gasteiger partial charge in [-0.15, -0.1) is 21.5 Å². The molecule has 0 spiro atoms. The summed E-state index contributed by atoms with van der Waals surface area (Å²) in [6, 6.07) is 27.1. The number of nitrogens with one attached hydrogen (secondary N) is 4. The van der Waals surface area contributed by atoms with Gasteiger partial charge in [-0.3, -0.25) is 33.5 Å². The highest BCUT2D eigenvalue weighted by atomic mass is 35.5. The third-order valence-corrected chi connectivity index (χ3v) is 15.4. The number of aromatic nitrogens is 3. The van der Waals surface area contributed by atoms with E-state index >= 15 is 0 Å². The van der Waals surface area contributed by atoms with Gasteiger partial charge in [0.15, 0.2) is 5.82 Å². The number of rotatable bonds is 26. The van der Waals surface area contributed by atoms with E-state index in [1.165, 1.54) is 0 Å². The Hall–Kier alpha value is -7.98. The van der Waals surface area contributed by atoms with Crippen molar-refractivity contribution < 1.29 is 57.2 Å². The van der Waals surface area contributed by atoms with Crippen LogP contribution >= 0.6 is 22.9 Å². The van der Waals surface area contributed by atoms with Gasteiger partial charge in [-0.25, -0.2) is 4.79 Å². The number of amides is 4. The predicted molar refractivity (Wildman–Crippen MR) is 327 cm³/mol. The molecule has 0 radical (unpaired) electrons. The molecule has 0 saturated heterocycles. The summed E-state index contributed by atoms with van der Waals surface area (Å²) in [5.41, 5.74) is 6.80. The molecule has 20 nitrogen and oxygen atoms in total. The lowest BCUT2D eigenvalue weighted by Crippen LogP contribution is -2.54. The fourth-order valence-corrected chi connectivity index (χ4v) is 11.3. The summed E-state index contributed by atoms with van der Waals surface area (Å²) in [6.07, 6.45) is -1.66. The number of alkyl carbamates (subject to hydrolysis) is 1. The molecule has 4 amide bonds. The summed E-state index contributed by atoms with van der Waals surface area (Å²) >= 11 is 7.91. The van der Waals surface area contributed by atoms with Crippen LogP contribution in [0.25, 0.3) is 16.1 Å². The Morgan fingerprint density at radius 3 is 1.88 bits per heavy atom. The van der Waals surface area contributed by atoms with E-state index in [9.17, 15) is 28.8 Å². The Balaban J connectivity index is 0.779. The van der Waals surface area contributed by atoms with Crippen molar-refractivity contribution in [2.24, 2.45) is 4.99 Å². The average Bonchev–Trinajstić information content (AvgIpc) is 2.03. The highest BCUT2D eigenvalue weighted by molar-refractivity contribution is 7.15. The van der Waals surface area contributed by atoms with E-state index in [2.05, 4.69) is 45.3 Å². The fourth-order valence-electron chi connectivity index (χ4n) is 9.97. The molecule has 1 aliphatic carbocycles. The van der Waals surface area contributed by atoms with Gasteiger partial charge in [0.2, 0.25) is 17.7 Å². The van der Waals surface area contributed by atoms with Gasteiger partial charge in [-0.2, -0.15) is 0 Å². The van der Waals surface area contributed by atoms with Crippen LogP contribution in [0.15, 0.2) is 102 Å². The molecular formula is C64H75ClN8O12S. The number of halogens is 1. The lowest BCUT2D eigenvalue weighted by molar-refractivity contribution is -0.156. The first-order valence-electron chi connectivity index (χ1n) is 28.7. The van der Waals surface area contributed by atoms with Crippen molar-refractivity contribution in [2.45, 2.75) is 130 Å². The Kier molecular flexibility index (Phi) is 21.5. The molecule has 6 aromatic rings. The van der Waals surface area contributed by atoms with Crippen molar-refractivity contribution in [1.82, 2.24) is 30.7 Å². The van der Waals surface area contributed by atoms with Gasteiger partial charge in [-0.1, -0.05) is 72.3 Å².